The third-order valence-corrected chi connectivity index (χ3v) is 9.60. The Bertz CT molecular complexity index is 1240. The van der Waals surface area contributed by atoms with Crippen molar-refractivity contribution in [3.63, 3.8) is 0 Å². The Balaban J connectivity index is 0.000000222. The maximum Gasteiger partial charge on any atom is 0.317 e. The van der Waals surface area contributed by atoms with E-state index in [0.29, 0.717) is 24.5 Å². The van der Waals surface area contributed by atoms with E-state index in [9.17, 15) is 24.6 Å². The van der Waals surface area contributed by atoms with Crippen LogP contribution in [0.25, 0.3) is 11.2 Å². The summed E-state index contributed by atoms with van der Waals surface area (Å²) < 4.78 is 7.59. The van der Waals surface area contributed by atoms with Crippen LogP contribution in [0.1, 0.15) is 51.9 Å². The number of carbonyl (C=O) groups excluding carboxylic acids is 1. The number of nitrogens with zero attached hydrogens (tertiary/aromatic N) is 3. The van der Waals surface area contributed by atoms with Crippen LogP contribution in [0.2, 0.25) is 25.7 Å². The minimum Gasteiger partial charge on any atom is -0.481 e. The van der Waals surface area contributed by atoms with Gasteiger partial charge in [-0.15, -0.1) is 0 Å². The van der Waals surface area contributed by atoms with Crippen molar-refractivity contribution in [2.75, 3.05) is 11.9 Å². The normalized spacial score (nSPS) is 23.3. The van der Waals surface area contributed by atoms with Gasteiger partial charge < -0.3 is 25.3 Å². The van der Waals surface area contributed by atoms with Crippen molar-refractivity contribution >= 4 is 43.0 Å². The summed E-state index contributed by atoms with van der Waals surface area (Å²) in [6.45, 7) is 9.79. The van der Waals surface area contributed by atoms with Gasteiger partial charge in [0.1, 0.15) is 12.2 Å². The zero-order chi connectivity index (χ0) is 29.6. The first kappa shape index (κ1) is 31.3. The number of carbonyl (C=O) groups is 3. The summed E-state index contributed by atoms with van der Waals surface area (Å²) in [6, 6.07) is 2.30. The molecule has 0 bridgehead atoms. The van der Waals surface area contributed by atoms with Crippen molar-refractivity contribution < 1.29 is 29.3 Å². The summed E-state index contributed by atoms with van der Waals surface area (Å²) in [7, 11) is -1.07. The molecule has 2 aliphatic rings. The second kappa shape index (κ2) is 12.9. The van der Waals surface area contributed by atoms with Crippen LogP contribution in [0.3, 0.4) is 0 Å². The summed E-state index contributed by atoms with van der Waals surface area (Å²) in [4.78, 5) is 42.6. The second-order valence-corrected chi connectivity index (χ2v) is 18.0. The number of aliphatic carboxylic acids is 2. The molecule has 2 amide bonds. The van der Waals surface area contributed by atoms with E-state index in [1.807, 2.05) is 16.8 Å². The highest BCUT2D eigenvalue weighted by Crippen LogP contribution is 2.51. The summed E-state index contributed by atoms with van der Waals surface area (Å²) in [6.07, 6.45) is 12.6. The van der Waals surface area contributed by atoms with Crippen LogP contribution in [-0.4, -0.2) is 57.4 Å². The van der Waals surface area contributed by atoms with Gasteiger partial charge in [0.25, 0.3) is 0 Å². The molecule has 220 valence electrons. The van der Waals surface area contributed by atoms with Gasteiger partial charge in [-0.25, -0.2) is 14.8 Å². The number of fused-ring (bicyclic) bond motifs is 1. The Kier molecular flexibility index (Phi) is 10.1. The van der Waals surface area contributed by atoms with Gasteiger partial charge in [0.15, 0.2) is 11.5 Å². The van der Waals surface area contributed by atoms with Gasteiger partial charge in [-0.2, -0.15) is 0 Å². The van der Waals surface area contributed by atoms with Crippen LogP contribution < -0.4 is 11.1 Å². The van der Waals surface area contributed by atoms with Gasteiger partial charge in [0, 0.05) is 20.9 Å². The number of allylic oxidation sites excluding steroid dienone is 1. The predicted octanol–water partition coefficient (Wildman–Crippen LogP) is 5.31. The molecular weight excluding hydrogens is 530 g/mol. The summed E-state index contributed by atoms with van der Waals surface area (Å²) in [5.74, 6) is -1.30. The molecule has 2 unspecified atom stereocenters. The molecule has 5 N–H and O–H groups in total. The molecule has 40 heavy (non-hydrogen) atoms. The molecule has 0 saturated heterocycles. The van der Waals surface area contributed by atoms with Crippen LogP contribution in [-0.2, 0) is 21.1 Å². The van der Waals surface area contributed by atoms with Crippen LogP contribution in [0, 0.1) is 16.7 Å². The van der Waals surface area contributed by atoms with Crippen molar-refractivity contribution in [1.82, 2.24) is 14.5 Å². The SMILES string of the molecule is CC1(C(=O)O)C=CCC(C(=O)O)(C2CCCCC2)C1.C[Si](C)(C)CCOCn1ccc2nc(NC(N)=O)cnc21. The summed E-state index contributed by atoms with van der Waals surface area (Å²) >= 11 is 0. The molecular formula is C28H43N5O6Si. The molecule has 0 radical (unpaired) electrons. The zero-order valence-electron chi connectivity index (χ0n) is 24.0. The van der Waals surface area contributed by atoms with E-state index in [4.69, 9.17) is 10.5 Å². The third kappa shape index (κ3) is 7.91. The number of anilines is 1. The van der Waals surface area contributed by atoms with Gasteiger partial charge in [-0.3, -0.25) is 14.9 Å². The standard InChI is InChI=1S/C15H22O4.C13H21N5O2Si/c1-14(12(16)17)8-5-9-15(10-14,13(18)19)11-6-3-2-4-7-11;1-21(2,3)7-6-20-9-18-5-4-10-12(18)15-8-11(16-10)17-13(14)19/h5,8,11H,2-4,6-7,9-10H2,1H3,(H,16,17)(H,18,19);4-5,8H,6-7,9H2,1-3H3,(H3,14,16,17,19). The van der Waals surface area contributed by atoms with Crippen LogP contribution in [0.4, 0.5) is 10.6 Å². The molecule has 0 aromatic carbocycles. The van der Waals surface area contributed by atoms with Crippen LogP contribution >= 0.6 is 0 Å². The first-order chi connectivity index (χ1) is 18.8. The number of carboxylic acid groups (broad SMARTS) is 2. The molecule has 2 aromatic heterocycles. The molecule has 2 aliphatic carbocycles. The molecule has 2 atom stereocenters. The maximum absolute atomic E-state index is 11.9. The van der Waals surface area contributed by atoms with Crippen LogP contribution in [0.15, 0.2) is 30.6 Å². The Morgan fingerprint density at radius 2 is 1.88 bits per heavy atom. The Morgan fingerprint density at radius 3 is 2.48 bits per heavy atom. The molecule has 12 heteroatoms. The predicted molar refractivity (Wildman–Crippen MR) is 156 cm³/mol. The molecule has 1 fully saturated rings. The fraction of sp³-hybridized carbons (Fsp3) is 0.607. The lowest BCUT2D eigenvalue weighted by Gasteiger charge is -2.44. The number of rotatable bonds is 9. The number of nitrogens with two attached hydrogens (primary N) is 1. The second-order valence-electron chi connectivity index (χ2n) is 12.4. The first-order valence-electron chi connectivity index (χ1n) is 13.9. The van der Waals surface area contributed by atoms with Gasteiger partial charge >= 0.3 is 18.0 Å². The minimum absolute atomic E-state index is 0.113. The summed E-state index contributed by atoms with van der Waals surface area (Å²) in [5.41, 5.74) is 4.53. The van der Waals surface area contributed by atoms with Crippen molar-refractivity contribution in [3.8, 4) is 0 Å². The highest BCUT2D eigenvalue weighted by atomic mass is 28.3. The van der Waals surface area contributed by atoms with E-state index >= 15 is 0 Å². The number of ether oxygens (including phenoxy) is 1. The first-order valence-corrected chi connectivity index (χ1v) is 17.6. The Hall–Kier alpha value is -3.25. The van der Waals surface area contributed by atoms with Crippen molar-refractivity contribution in [1.29, 1.82) is 0 Å². The van der Waals surface area contributed by atoms with Gasteiger partial charge in [0.2, 0.25) is 0 Å². The molecule has 0 spiro atoms. The average Bonchev–Trinajstić information content (AvgIpc) is 3.28. The van der Waals surface area contributed by atoms with E-state index in [2.05, 4.69) is 34.9 Å². The van der Waals surface area contributed by atoms with E-state index < -0.39 is 36.9 Å². The number of nitrogens with one attached hydrogen (secondary N) is 1. The lowest BCUT2D eigenvalue weighted by molar-refractivity contribution is -0.160. The number of hydrogen-bond donors (Lipinski definition) is 4. The molecule has 4 rings (SSSR count). The Labute approximate surface area is 236 Å². The highest BCUT2D eigenvalue weighted by molar-refractivity contribution is 6.76. The van der Waals surface area contributed by atoms with Crippen molar-refractivity contribution in [3.05, 3.63) is 30.6 Å². The number of aromatic nitrogens is 3. The van der Waals surface area contributed by atoms with E-state index in [-0.39, 0.29) is 12.3 Å². The monoisotopic (exact) mass is 573 g/mol. The number of urea groups is 1. The van der Waals surface area contributed by atoms with Gasteiger partial charge in [0.05, 0.1) is 17.0 Å². The van der Waals surface area contributed by atoms with Crippen molar-refractivity contribution in [2.24, 2.45) is 22.5 Å². The van der Waals surface area contributed by atoms with Gasteiger partial charge in [-0.1, -0.05) is 51.1 Å². The molecule has 11 nitrogen and oxygen atoms in total. The number of carboxylic acids is 2. The van der Waals surface area contributed by atoms with E-state index in [1.54, 1.807) is 19.1 Å². The smallest absolute Gasteiger partial charge is 0.317 e. The number of primary amides is 1. The third-order valence-electron chi connectivity index (χ3n) is 7.89. The largest absolute Gasteiger partial charge is 0.481 e. The molecule has 2 heterocycles. The molecule has 0 aliphatic heterocycles. The molecule has 2 aromatic rings. The van der Waals surface area contributed by atoms with Crippen molar-refractivity contribution in [2.45, 2.75) is 84.3 Å². The van der Waals surface area contributed by atoms with E-state index in [0.717, 1.165) is 50.4 Å². The topological polar surface area (TPSA) is 170 Å². The number of hydrogen-bond acceptors (Lipinski definition) is 6. The quantitative estimate of drug-likeness (QED) is 0.178. The van der Waals surface area contributed by atoms with E-state index in [1.165, 1.54) is 6.20 Å². The fourth-order valence-corrected chi connectivity index (χ4v) is 6.32. The zero-order valence-corrected chi connectivity index (χ0v) is 25.0. The Morgan fingerprint density at radius 1 is 1.18 bits per heavy atom. The highest BCUT2D eigenvalue weighted by Gasteiger charge is 2.52. The minimum atomic E-state index is -1.07. The lowest BCUT2D eigenvalue weighted by atomic mass is 9.58. The summed E-state index contributed by atoms with van der Waals surface area (Å²) in [5, 5.41) is 21.5. The van der Waals surface area contributed by atoms with Crippen LogP contribution in [0.5, 0.6) is 0 Å². The number of amides is 2. The average molecular weight is 574 g/mol. The van der Waals surface area contributed by atoms with Gasteiger partial charge in [-0.05, 0) is 50.6 Å². The fourth-order valence-electron chi connectivity index (χ4n) is 5.56. The lowest BCUT2D eigenvalue weighted by Crippen LogP contribution is -2.47. The molecule has 1 saturated carbocycles. The maximum atomic E-state index is 11.9.